The van der Waals surface area contributed by atoms with Gasteiger partial charge >= 0.3 is 6.18 Å². The summed E-state index contributed by atoms with van der Waals surface area (Å²) in [4.78, 5) is 29.3. The largest absolute Gasteiger partial charge is 0.389 e. The van der Waals surface area contributed by atoms with Crippen LogP contribution in [-0.4, -0.2) is 47.6 Å². The molecule has 3 heterocycles. The molecular formula is C17H19F3N8O2. The minimum atomic E-state index is -4.37. The standard InChI is InChI=1S/C17H19F3N8O2/c1-2-28-24-9-13(26-28)16(30)22-8-12-10-27-14(25-12)5-11(7-23-27)6-21-15(29)3-4-17(18,19)20/h5,7,9-10H,2-4,6,8H2,1H3,(H,21,29)(H,22,30). The van der Waals surface area contributed by atoms with Crippen molar-refractivity contribution < 1.29 is 22.8 Å². The first kappa shape index (κ1) is 21.2. The Morgan fingerprint density at radius 1 is 1.13 bits per heavy atom. The fraction of sp³-hybridized carbons (Fsp3) is 0.412. The third-order valence-electron chi connectivity index (χ3n) is 4.03. The molecule has 10 nitrogen and oxygen atoms in total. The van der Waals surface area contributed by atoms with E-state index in [4.69, 9.17) is 0 Å². The van der Waals surface area contributed by atoms with Gasteiger partial charge in [-0.3, -0.25) is 9.59 Å². The number of carbonyl (C=O) groups is 2. The second-order valence-electron chi connectivity index (χ2n) is 6.39. The van der Waals surface area contributed by atoms with Crippen LogP contribution in [0.25, 0.3) is 5.65 Å². The topological polar surface area (TPSA) is 119 Å². The molecule has 3 aromatic heterocycles. The zero-order valence-electron chi connectivity index (χ0n) is 16.0. The average molecular weight is 424 g/mol. The molecule has 0 aliphatic heterocycles. The van der Waals surface area contributed by atoms with Crippen molar-refractivity contribution in [1.29, 1.82) is 0 Å². The Morgan fingerprint density at radius 3 is 2.63 bits per heavy atom. The molecule has 0 bridgehead atoms. The lowest BCUT2D eigenvalue weighted by atomic mass is 10.2. The average Bonchev–Trinajstić information content (AvgIpc) is 3.34. The molecule has 0 saturated carbocycles. The zero-order valence-corrected chi connectivity index (χ0v) is 16.0. The minimum absolute atomic E-state index is 0.0339. The highest BCUT2D eigenvalue weighted by Gasteiger charge is 2.27. The van der Waals surface area contributed by atoms with E-state index in [1.807, 2.05) is 6.92 Å². The number of hydrogen-bond acceptors (Lipinski definition) is 6. The van der Waals surface area contributed by atoms with Gasteiger partial charge in [-0.1, -0.05) is 0 Å². The smallest absolute Gasteiger partial charge is 0.352 e. The number of halogens is 3. The van der Waals surface area contributed by atoms with Crippen LogP contribution in [-0.2, 0) is 24.4 Å². The van der Waals surface area contributed by atoms with E-state index in [0.717, 1.165) is 0 Å². The number of imidazole rings is 1. The van der Waals surface area contributed by atoms with Crippen LogP contribution in [0.3, 0.4) is 0 Å². The van der Waals surface area contributed by atoms with Crippen LogP contribution in [0.2, 0.25) is 0 Å². The van der Waals surface area contributed by atoms with Gasteiger partial charge in [0.2, 0.25) is 5.91 Å². The van der Waals surface area contributed by atoms with E-state index in [2.05, 4.69) is 30.9 Å². The van der Waals surface area contributed by atoms with E-state index in [-0.39, 0.29) is 24.7 Å². The number of aromatic nitrogens is 6. The molecule has 0 aliphatic carbocycles. The number of alkyl halides is 3. The van der Waals surface area contributed by atoms with Gasteiger partial charge in [0.25, 0.3) is 5.91 Å². The summed E-state index contributed by atoms with van der Waals surface area (Å²) in [7, 11) is 0. The number of nitrogens with zero attached hydrogens (tertiary/aromatic N) is 6. The van der Waals surface area contributed by atoms with Gasteiger partial charge < -0.3 is 10.6 Å². The molecule has 0 fully saturated rings. The van der Waals surface area contributed by atoms with E-state index in [1.165, 1.54) is 21.7 Å². The summed E-state index contributed by atoms with van der Waals surface area (Å²) in [5, 5.41) is 17.2. The molecule has 2 N–H and O–H groups in total. The van der Waals surface area contributed by atoms with Gasteiger partial charge in [0.15, 0.2) is 11.3 Å². The first-order valence-electron chi connectivity index (χ1n) is 9.08. The second kappa shape index (κ2) is 8.88. The maximum absolute atomic E-state index is 12.1. The number of carbonyl (C=O) groups excluding carboxylic acids is 2. The Balaban J connectivity index is 1.55. The van der Waals surface area contributed by atoms with Crippen molar-refractivity contribution in [3.63, 3.8) is 0 Å². The van der Waals surface area contributed by atoms with E-state index < -0.39 is 24.9 Å². The quantitative estimate of drug-likeness (QED) is 0.561. The van der Waals surface area contributed by atoms with Gasteiger partial charge in [0.1, 0.15) is 0 Å². The molecule has 0 aromatic carbocycles. The normalized spacial score (nSPS) is 11.6. The van der Waals surface area contributed by atoms with Crippen LogP contribution in [0.5, 0.6) is 0 Å². The van der Waals surface area contributed by atoms with Gasteiger partial charge in [-0.2, -0.15) is 28.2 Å². The van der Waals surface area contributed by atoms with Crippen molar-refractivity contribution in [2.24, 2.45) is 0 Å². The number of hydrogen-bond donors (Lipinski definition) is 2. The Morgan fingerprint density at radius 2 is 1.93 bits per heavy atom. The molecule has 0 aliphatic rings. The lowest BCUT2D eigenvalue weighted by molar-refractivity contribution is -0.144. The predicted octanol–water partition coefficient (Wildman–Crippen LogP) is 1.23. The molecule has 160 valence electrons. The molecule has 30 heavy (non-hydrogen) atoms. The van der Waals surface area contributed by atoms with Crippen molar-refractivity contribution in [1.82, 2.24) is 40.2 Å². The highest BCUT2D eigenvalue weighted by atomic mass is 19.4. The number of nitrogens with one attached hydrogen (secondary N) is 2. The predicted molar refractivity (Wildman–Crippen MR) is 97.0 cm³/mol. The molecule has 0 atom stereocenters. The zero-order chi connectivity index (χ0) is 21.7. The van der Waals surface area contributed by atoms with Crippen LogP contribution in [0.4, 0.5) is 13.2 Å². The summed E-state index contributed by atoms with van der Waals surface area (Å²) >= 11 is 0. The van der Waals surface area contributed by atoms with Crippen LogP contribution >= 0.6 is 0 Å². The first-order chi connectivity index (χ1) is 14.2. The third kappa shape index (κ3) is 5.75. The molecular weight excluding hydrogens is 405 g/mol. The van der Waals surface area contributed by atoms with Crippen LogP contribution in [0.15, 0.2) is 24.7 Å². The van der Waals surface area contributed by atoms with Crippen LogP contribution in [0, 0.1) is 0 Å². The minimum Gasteiger partial charge on any atom is -0.352 e. The fourth-order valence-corrected chi connectivity index (χ4v) is 2.51. The summed E-state index contributed by atoms with van der Waals surface area (Å²) in [6, 6.07) is 1.65. The number of rotatable bonds is 8. The van der Waals surface area contributed by atoms with Crippen molar-refractivity contribution in [3.05, 3.63) is 41.6 Å². The SMILES string of the molecule is CCn1ncc(C(=O)NCc2cn3ncc(CNC(=O)CCC(F)(F)F)cc3n2)n1. The van der Waals surface area contributed by atoms with Crippen molar-refractivity contribution >= 4 is 17.5 Å². The number of aryl methyl sites for hydroxylation is 1. The van der Waals surface area contributed by atoms with Crippen molar-refractivity contribution in [3.8, 4) is 0 Å². The highest BCUT2D eigenvalue weighted by molar-refractivity contribution is 5.91. The first-order valence-corrected chi connectivity index (χ1v) is 9.08. The highest BCUT2D eigenvalue weighted by Crippen LogP contribution is 2.21. The van der Waals surface area contributed by atoms with E-state index in [1.54, 1.807) is 12.3 Å². The number of amides is 2. The van der Waals surface area contributed by atoms with Gasteiger partial charge in [-0.05, 0) is 18.6 Å². The lowest BCUT2D eigenvalue weighted by Gasteiger charge is -2.07. The Hall–Kier alpha value is -3.51. The molecule has 0 unspecified atom stereocenters. The summed E-state index contributed by atoms with van der Waals surface area (Å²) in [6.45, 7) is 2.58. The Kier molecular flexibility index (Phi) is 6.28. The van der Waals surface area contributed by atoms with E-state index in [0.29, 0.717) is 23.4 Å². The van der Waals surface area contributed by atoms with E-state index in [9.17, 15) is 22.8 Å². The summed E-state index contributed by atoms with van der Waals surface area (Å²) in [5.74, 6) is -1.08. The molecule has 0 spiro atoms. The summed E-state index contributed by atoms with van der Waals surface area (Å²) in [6.07, 6.45) is -1.68. The van der Waals surface area contributed by atoms with E-state index >= 15 is 0 Å². The third-order valence-corrected chi connectivity index (χ3v) is 4.03. The van der Waals surface area contributed by atoms with Crippen molar-refractivity contribution in [2.45, 2.75) is 45.6 Å². The molecule has 13 heteroatoms. The maximum atomic E-state index is 12.1. The van der Waals surface area contributed by atoms with Gasteiger partial charge in [-0.25, -0.2) is 9.50 Å². The van der Waals surface area contributed by atoms with Crippen LogP contribution in [0.1, 0.15) is 41.5 Å². The molecule has 0 radical (unpaired) electrons. The molecule has 0 saturated heterocycles. The monoisotopic (exact) mass is 424 g/mol. The lowest BCUT2D eigenvalue weighted by Crippen LogP contribution is -2.24. The van der Waals surface area contributed by atoms with Crippen LogP contribution < -0.4 is 10.6 Å². The molecule has 3 aromatic rings. The molecule has 3 rings (SSSR count). The Bertz CT molecular complexity index is 1040. The summed E-state index contributed by atoms with van der Waals surface area (Å²) in [5.41, 5.74) is 1.80. The maximum Gasteiger partial charge on any atom is 0.389 e. The van der Waals surface area contributed by atoms with Gasteiger partial charge in [0, 0.05) is 13.0 Å². The number of fused-ring (bicyclic) bond motifs is 1. The Labute approximate surface area is 168 Å². The summed E-state index contributed by atoms with van der Waals surface area (Å²) < 4.78 is 37.9. The van der Waals surface area contributed by atoms with Gasteiger partial charge in [0.05, 0.1) is 43.8 Å². The van der Waals surface area contributed by atoms with Gasteiger partial charge in [-0.15, -0.1) is 5.10 Å². The molecule has 2 amide bonds. The fourth-order valence-electron chi connectivity index (χ4n) is 2.51. The van der Waals surface area contributed by atoms with Crippen molar-refractivity contribution in [2.75, 3.05) is 0 Å². The second-order valence-corrected chi connectivity index (χ2v) is 6.39.